The van der Waals surface area contributed by atoms with Gasteiger partial charge in [-0.05, 0) is 5.56 Å². The van der Waals surface area contributed by atoms with Crippen LogP contribution in [0.5, 0.6) is 0 Å². The highest BCUT2D eigenvalue weighted by atomic mass is 16.7. The molecule has 1 aromatic carbocycles. The zero-order valence-electron chi connectivity index (χ0n) is 10.3. The van der Waals surface area contributed by atoms with Gasteiger partial charge in [-0.3, -0.25) is 0 Å². The summed E-state index contributed by atoms with van der Waals surface area (Å²) >= 11 is 0. The van der Waals surface area contributed by atoms with Crippen LogP contribution in [0.3, 0.4) is 0 Å². The van der Waals surface area contributed by atoms with Crippen LogP contribution >= 0.6 is 0 Å². The summed E-state index contributed by atoms with van der Waals surface area (Å²) in [5.74, 6) is 0. The van der Waals surface area contributed by atoms with Crippen LogP contribution in [0.25, 0.3) is 0 Å². The molecule has 1 aromatic rings. The Labute approximate surface area is 110 Å². The maximum Gasteiger partial charge on any atom is 0.184 e. The van der Waals surface area contributed by atoms with Gasteiger partial charge in [0.25, 0.3) is 0 Å². The minimum atomic E-state index is -1.39. The molecule has 106 valence electrons. The Morgan fingerprint density at radius 1 is 1.05 bits per heavy atom. The van der Waals surface area contributed by atoms with Gasteiger partial charge < -0.3 is 29.9 Å². The maximum absolute atomic E-state index is 9.86. The molecule has 0 spiro atoms. The lowest BCUT2D eigenvalue weighted by Crippen LogP contribution is -2.59. The van der Waals surface area contributed by atoms with Gasteiger partial charge in [-0.1, -0.05) is 30.3 Å². The highest BCUT2D eigenvalue weighted by Crippen LogP contribution is 2.23. The molecule has 0 radical (unpaired) electrons. The van der Waals surface area contributed by atoms with Gasteiger partial charge in [-0.2, -0.15) is 0 Å². The number of ether oxygens (including phenoxy) is 2. The van der Waals surface area contributed by atoms with Crippen LogP contribution in [0.15, 0.2) is 30.3 Å². The normalized spacial score (nSPS) is 35.3. The van der Waals surface area contributed by atoms with Crippen LogP contribution in [-0.2, 0) is 16.1 Å². The largest absolute Gasteiger partial charge is 0.394 e. The molecule has 0 amide bonds. The maximum atomic E-state index is 9.86. The molecule has 0 bridgehead atoms. The molecule has 0 saturated carbocycles. The fraction of sp³-hybridized carbons (Fsp3) is 0.538. The number of aliphatic hydroxyl groups is 4. The van der Waals surface area contributed by atoms with Crippen LogP contribution in [0.1, 0.15) is 5.56 Å². The number of hydrogen-bond acceptors (Lipinski definition) is 6. The monoisotopic (exact) mass is 270 g/mol. The van der Waals surface area contributed by atoms with Crippen LogP contribution in [0.4, 0.5) is 0 Å². The fourth-order valence-corrected chi connectivity index (χ4v) is 2.02. The third-order valence-corrected chi connectivity index (χ3v) is 3.13. The second-order valence-electron chi connectivity index (χ2n) is 4.49. The molecule has 1 fully saturated rings. The van der Waals surface area contributed by atoms with Crippen LogP contribution in [-0.4, -0.2) is 57.7 Å². The van der Waals surface area contributed by atoms with Crippen molar-refractivity contribution in [2.75, 3.05) is 6.61 Å². The molecule has 0 aliphatic carbocycles. The van der Waals surface area contributed by atoms with Crippen molar-refractivity contribution in [3.05, 3.63) is 35.9 Å². The van der Waals surface area contributed by atoms with E-state index in [9.17, 15) is 15.3 Å². The molecule has 19 heavy (non-hydrogen) atoms. The van der Waals surface area contributed by atoms with E-state index in [1.54, 1.807) is 0 Å². The van der Waals surface area contributed by atoms with Crippen molar-refractivity contribution in [1.82, 2.24) is 0 Å². The third-order valence-electron chi connectivity index (χ3n) is 3.13. The summed E-state index contributed by atoms with van der Waals surface area (Å²) in [6.07, 6.45) is -6.07. The fourth-order valence-electron chi connectivity index (χ4n) is 2.02. The molecule has 6 nitrogen and oxygen atoms in total. The lowest BCUT2D eigenvalue weighted by atomic mass is 9.99. The van der Waals surface area contributed by atoms with Crippen molar-refractivity contribution in [3.8, 4) is 0 Å². The Morgan fingerprint density at radius 3 is 2.37 bits per heavy atom. The molecule has 5 atom stereocenters. The Bertz CT molecular complexity index is 384. The molecule has 4 N–H and O–H groups in total. The minimum absolute atomic E-state index is 0.180. The average Bonchev–Trinajstić information content (AvgIpc) is 2.44. The summed E-state index contributed by atoms with van der Waals surface area (Å²) in [4.78, 5) is 0. The highest BCUT2D eigenvalue weighted by Gasteiger charge is 2.44. The highest BCUT2D eigenvalue weighted by molar-refractivity contribution is 5.13. The van der Waals surface area contributed by atoms with Crippen molar-refractivity contribution < 1.29 is 29.9 Å². The van der Waals surface area contributed by atoms with Gasteiger partial charge in [-0.25, -0.2) is 0 Å². The molecule has 2 rings (SSSR count). The van der Waals surface area contributed by atoms with Gasteiger partial charge in [0.1, 0.15) is 24.4 Å². The van der Waals surface area contributed by atoms with E-state index >= 15 is 0 Å². The van der Waals surface area contributed by atoms with E-state index in [4.69, 9.17) is 14.6 Å². The van der Waals surface area contributed by atoms with E-state index in [1.807, 2.05) is 30.3 Å². The van der Waals surface area contributed by atoms with Crippen molar-refractivity contribution in [1.29, 1.82) is 0 Å². The van der Waals surface area contributed by atoms with Gasteiger partial charge >= 0.3 is 0 Å². The Kier molecular flexibility index (Phi) is 4.87. The molecule has 1 aliphatic rings. The standard InChI is InChI=1S/C13H18O6/c14-6-9-10(15)11(16)12(13(17)19-9)18-7-8-4-2-1-3-5-8/h1-5,9-17H,6-7H2/t9-,10-,11+,12+,13-/m1/s1. The van der Waals surface area contributed by atoms with Gasteiger partial charge in [0.05, 0.1) is 13.2 Å². The summed E-state index contributed by atoms with van der Waals surface area (Å²) in [7, 11) is 0. The first-order valence-electron chi connectivity index (χ1n) is 6.09. The van der Waals surface area contributed by atoms with Crippen LogP contribution in [0.2, 0.25) is 0 Å². The van der Waals surface area contributed by atoms with E-state index in [0.717, 1.165) is 5.56 Å². The van der Waals surface area contributed by atoms with E-state index in [2.05, 4.69) is 0 Å². The van der Waals surface area contributed by atoms with Crippen molar-refractivity contribution >= 4 is 0 Å². The second kappa shape index (κ2) is 6.42. The van der Waals surface area contributed by atoms with E-state index in [1.165, 1.54) is 0 Å². The molecular formula is C13H18O6. The SMILES string of the molecule is OC[C@H]1O[C@@H](O)[C@@H](OCc2ccccc2)[C@@H](O)[C@@H]1O. The molecule has 0 aromatic heterocycles. The second-order valence-corrected chi connectivity index (χ2v) is 4.49. The topological polar surface area (TPSA) is 99.4 Å². The Balaban J connectivity index is 1.96. The molecule has 0 unspecified atom stereocenters. The van der Waals surface area contributed by atoms with Gasteiger partial charge in [0, 0.05) is 0 Å². The predicted octanol–water partition coefficient (Wildman–Crippen LogP) is -0.997. The van der Waals surface area contributed by atoms with Crippen LogP contribution < -0.4 is 0 Å². The zero-order valence-corrected chi connectivity index (χ0v) is 10.3. The molecule has 6 heteroatoms. The lowest BCUT2D eigenvalue weighted by molar-refractivity contribution is -0.298. The van der Waals surface area contributed by atoms with Crippen LogP contribution in [0, 0.1) is 0 Å². The summed E-state index contributed by atoms with van der Waals surface area (Å²) in [6, 6.07) is 9.25. The molecular weight excluding hydrogens is 252 g/mol. The lowest BCUT2D eigenvalue weighted by Gasteiger charge is -2.39. The van der Waals surface area contributed by atoms with Gasteiger partial charge in [0.2, 0.25) is 0 Å². The summed E-state index contributed by atoms with van der Waals surface area (Å²) in [6.45, 7) is -0.305. The van der Waals surface area contributed by atoms with Gasteiger partial charge in [0.15, 0.2) is 6.29 Å². The summed E-state index contributed by atoms with van der Waals surface area (Å²) in [5.41, 5.74) is 0.876. The van der Waals surface area contributed by atoms with E-state index in [0.29, 0.717) is 0 Å². The quantitative estimate of drug-likeness (QED) is 0.560. The Hall–Kier alpha value is -1.02. The van der Waals surface area contributed by atoms with Crippen molar-refractivity contribution in [3.63, 3.8) is 0 Å². The third kappa shape index (κ3) is 3.30. The molecule has 1 saturated heterocycles. The molecule has 1 aliphatic heterocycles. The summed E-state index contributed by atoms with van der Waals surface area (Å²) in [5, 5.41) is 38.2. The summed E-state index contributed by atoms with van der Waals surface area (Å²) < 4.78 is 10.4. The number of benzene rings is 1. The van der Waals surface area contributed by atoms with Crippen molar-refractivity contribution in [2.24, 2.45) is 0 Å². The van der Waals surface area contributed by atoms with E-state index in [-0.39, 0.29) is 6.61 Å². The van der Waals surface area contributed by atoms with E-state index < -0.39 is 37.3 Å². The van der Waals surface area contributed by atoms with Crippen molar-refractivity contribution in [2.45, 2.75) is 37.3 Å². The minimum Gasteiger partial charge on any atom is -0.394 e. The predicted molar refractivity (Wildman–Crippen MR) is 65.0 cm³/mol. The smallest absolute Gasteiger partial charge is 0.184 e. The number of hydrogen-bond donors (Lipinski definition) is 4. The molecule has 1 heterocycles. The zero-order chi connectivity index (χ0) is 13.8. The first-order chi connectivity index (χ1) is 9.13. The first-order valence-corrected chi connectivity index (χ1v) is 6.09. The number of rotatable bonds is 4. The number of aliphatic hydroxyl groups excluding tert-OH is 4. The average molecular weight is 270 g/mol. The van der Waals surface area contributed by atoms with Gasteiger partial charge in [-0.15, -0.1) is 0 Å². The Morgan fingerprint density at radius 2 is 1.74 bits per heavy atom. The first kappa shape index (κ1) is 14.4.